The molecule has 0 amide bonds. The Labute approximate surface area is 117 Å². The van der Waals surface area contributed by atoms with Crippen LogP contribution in [0.25, 0.3) is 22.4 Å². The molecular formula is C16H16N4. The number of hydrogen-bond acceptors (Lipinski definition) is 3. The number of anilines is 1. The van der Waals surface area contributed by atoms with E-state index < -0.39 is 0 Å². The van der Waals surface area contributed by atoms with Gasteiger partial charge in [-0.15, -0.1) is 0 Å². The molecule has 4 rings (SSSR count). The molecular weight excluding hydrogens is 248 g/mol. The lowest BCUT2D eigenvalue weighted by molar-refractivity contribution is 0.949. The summed E-state index contributed by atoms with van der Waals surface area (Å²) in [6.07, 6.45) is 6.04. The zero-order chi connectivity index (χ0) is 13.4. The molecule has 1 N–H and O–H groups in total. The third-order valence-corrected chi connectivity index (χ3v) is 3.91. The second-order valence-electron chi connectivity index (χ2n) is 5.21. The summed E-state index contributed by atoms with van der Waals surface area (Å²) in [4.78, 5) is 14.3. The SMILES string of the molecule is c1cnc2[nH]c(-c3ccc(N4CCCC4)cc3)cc2n1. The molecule has 1 fully saturated rings. The first-order valence-corrected chi connectivity index (χ1v) is 7.05. The van der Waals surface area contributed by atoms with Gasteiger partial charge in [-0.1, -0.05) is 12.1 Å². The van der Waals surface area contributed by atoms with Gasteiger partial charge >= 0.3 is 0 Å². The van der Waals surface area contributed by atoms with Crippen LogP contribution in [0.1, 0.15) is 12.8 Å². The summed E-state index contributed by atoms with van der Waals surface area (Å²) in [5, 5.41) is 0. The number of benzene rings is 1. The highest BCUT2D eigenvalue weighted by Gasteiger charge is 2.12. The molecule has 0 aliphatic carbocycles. The summed E-state index contributed by atoms with van der Waals surface area (Å²) in [5.41, 5.74) is 5.31. The van der Waals surface area contributed by atoms with E-state index in [4.69, 9.17) is 0 Å². The number of aromatic amines is 1. The highest BCUT2D eigenvalue weighted by atomic mass is 15.1. The van der Waals surface area contributed by atoms with Crippen molar-refractivity contribution >= 4 is 16.9 Å². The number of fused-ring (bicyclic) bond motifs is 1. The van der Waals surface area contributed by atoms with Gasteiger partial charge in [-0.3, -0.25) is 4.98 Å². The molecule has 3 aromatic rings. The largest absolute Gasteiger partial charge is 0.372 e. The van der Waals surface area contributed by atoms with Gasteiger partial charge in [-0.05, 0) is 36.6 Å². The first kappa shape index (κ1) is 11.5. The Bertz CT molecular complexity index is 691. The Morgan fingerprint density at radius 1 is 0.950 bits per heavy atom. The van der Waals surface area contributed by atoms with Crippen LogP contribution in [-0.4, -0.2) is 28.0 Å². The number of nitrogens with one attached hydrogen (secondary N) is 1. The Balaban J connectivity index is 1.67. The predicted octanol–water partition coefficient (Wildman–Crippen LogP) is 3.23. The molecule has 0 unspecified atom stereocenters. The zero-order valence-corrected chi connectivity index (χ0v) is 11.2. The van der Waals surface area contributed by atoms with Crippen LogP contribution in [0.2, 0.25) is 0 Å². The molecule has 0 radical (unpaired) electrons. The van der Waals surface area contributed by atoms with E-state index in [-0.39, 0.29) is 0 Å². The molecule has 0 spiro atoms. The second-order valence-corrected chi connectivity index (χ2v) is 5.21. The minimum atomic E-state index is 0.839. The fourth-order valence-electron chi connectivity index (χ4n) is 2.83. The topological polar surface area (TPSA) is 44.8 Å². The van der Waals surface area contributed by atoms with E-state index in [2.05, 4.69) is 44.1 Å². The standard InChI is InChI=1S/C16H16N4/c1-2-10-20(9-1)13-5-3-12(4-6-13)14-11-15-16(19-14)18-8-7-17-15/h3-8,11H,1-2,9-10H2,(H,18,19). The molecule has 1 aliphatic rings. The van der Waals surface area contributed by atoms with Crippen LogP contribution in [0, 0.1) is 0 Å². The molecule has 20 heavy (non-hydrogen) atoms. The van der Waals surface area contributed by atoms with Crippen LogP contribution in [0.5, 0.6) is 0 Å². The van der Waals surface area contributed by atoms with Crippen LogP contribution < -0.4 is 4.90 Å². The van der Waals surface area contributed by atoms with E-state index in [0.717, 1.165) is 16.9 Å². The summed E-state index contributed by atoms with van der Waals surface area (Å²) < 4.78 is 0. The predicted molar refractivity (Wildman–Crippen MR) is 80.8 cm³/mol. The Hall–Kier alpha value is -2.36. The van der Waals surface area contributed by atoms with Gasteiger partial charge in [0.25, 0.3) is 0 Å². The molecule has 1 saturated heterocycles. The minimum absolute atomic E-state index is 0.839. The average molecular weight is 264 g/mol. The van der Waals surface area contributed by atoms with Gasteiger partial charge < -0.3 is 9.88 Å². The maximum absolute atomic E-state index is 4.31. The highest BCUT2D eigenvalue weighted by Crippen LogP contribution is 2.26. The van der Waals surface area contributed by atoms with Crippen molar-refractivity contribution in [1.29, 1.82) is 0 Å². The maximum Gasteiger partial charge on any atom is 0.156 e. The lowest BCUT2D eigenvalue weighted by Gasteiger charge is -2.17. The number of rotatable bonds is 2. The molecule has 0 atom stereocenters. The summed E-state index contributed by atoms with van der Waals surface area (Å²) in [6.45, 7) is 2.36. The van der Waals surface area contributed by atoms with Crippen molar-refractivity contribution in [2.24, 2.45) is 0 Å². The monoisotopic (exact) mass is 264 g/mol. The van der Waals surface area contributed by atoms with Crippen molar-refractivity contribution in [1.82, 2.24) is 15.0 Å². The van der Waals surface area contributed by atoms with E-state index in [1.54, 1.807) is 12.4 Å². The van der Waals surface area contributed by atoms with E-state index in [0.29, 0.717) is 0 Å². The normalized spacial score (nSPS) is 15.1. The van der Waals surface area contributed by atoms with Gasteiger partial charge in [-0.25, -0.2) is 4.98 Å². The molecule has 0 saturated carbocycles. The van der Waals surface area contributed by atoms with Crippen molar-refractivity contribution in [2.75, 3.05) is 18.0 Å². The quantitative estimate of drug-likeness (QED) is 0.773. The number of hydrogen-bond donors (Lipinski definition) is 1. The van der Waals surface area contributed by atoms with Gasteiger partial charge in [0.15, 0.2) is 5.65 Å². The van der Waals surface area contributed by atoms with Gasteiger partial charge in [0, 0.05) is 36.9 Å². The first-order valence-electron chi connectivity index (χ1n) is 7.05. The molecule has 2 aromatic heterocycles. The number of aromatic nitrogens is 3. The molecule has 4 nitrogen and oxygen atoms in total. The maximum atomic E-state index is 4.31. The van der Waals surface area contributed by atoms with Crippen LogP contribution in [0.3, 0.4) is 0 Å². The van der Waals surface area contributed by atoms with Crippen molar-refractivity contribution in [3.8, 4) is 11.3 Å². The molecule has 100 valence electrons. The smallest absolute Gasteiger partial charge is 0.156 e. The van der Waals surface area contributed by atoms with E-state index in [9.17, 15) is 0 Å². The summed E-state index contributed by atoms with van der Waals surface area (Å²) in [6, 6.07) is 10.8. The fourth-order valence-corrected chi connectivity index (χ4v) is 2.83. The van der Waals surface area contributed by atoms with E-state index in [1.165, 1.54) is 37.2 Å². The summed E-state index contributed by atoms with van der Waals surface area (Å²) in [5.74, 6) is 0. The lowest BCUT2D eigenvalue weighted by Crippen LogP contribution is -2.17. The molecule has 1 aliphatic heterocycles. The van der Waals surface area contributed by atoms with Gasteiger partial charge in [-0.2, -0.15) is 0 Å². The van der Waals surface area contributed by atoms with E-state index in [1.807, 2.05) is 6.07 Å². The van der Waals surface area contributed by atoms with Gasteiger partial charge in [0.05, 0.1) is 0 Å². The van der Waals surface area contributed by atoms with Gasteiger partial charge in [0.2, 0.25) is 0 Å². The first-order chi connectivity index (χ1) is 9.90. The highest BCUT2D eigenvalue weighted by molar-refractivity contribution is 5.79. The van der Waals surface area contributed by atoms with Crippen molar-refractivity contribution < 1.29 is 0 Å². The minimum Gasteiger partial charge on any atom is -0.372 e. The summed E-state index contributed by atoms with van der Waals surface area (Å²) >= 11 is 0. The van der Waals surface area contributed by atoms with Crippen molar-refractivity contribution in [3.05, 3.63) is 42.7 Å². The van der Waals surface area contributed by atoms with Crippen LogP contribution in [0.15, 0.2) is 42.7 Å². The summed E-state index contributed by atoms with van der Waals surface area (Å²) in [7, 11) is 0. The number of H-pyrrole nitrogens is 1. The second kappa shape index (κ2) is 4.63. The lowest BCUT2D eigenvalue weighted by atomic mass is 10.1. The fraction of sp³-hybridized carbons (Fsp3) is 0.250. The third kappa shape index (κ3) is 1.93. The van der Waals surface area contributed by atoms with Gasteiger partial charge in [0.1, 0.15) is 5.52 Å². The van der Waals surface area contributed by atoms with Crippen molar-refractivity contribution in [2.45, 2.75) is 12.8 Å². The van der Waals surface area contributed by atoms with Crippen LogP contribution in [0.4, 0.5) is 5.69 Å². The third-order valence-electron chi connectivity index (χ3n) is 3.91. The zero-order valence-electron chi connectivity index (χ0n) is 11.2. The Kier molecular flexibility index (Phi) is 2.66. The molecule has 0 bridgehead atoms. The van der Waals surface area contributed by atoms with Crippen LogP contribution >= 0.6 is 0 Å². The molecule has 1 aromatic carbocycles. The van der Waals surface area contributed by atoms with Crippen molar-refractivity contribution in [3.63, 3.8) is 0 Å². The van der Waals surface area contributed by atoms with Crippen LogP contribution in [-0.2, 0) is 0 Å². The number of nitrogens with zero attached hydrogens (tertiary/aromatic N) is 3. The Morgan fingerprint density at radius 3 is 2.45 bits per heavy atom. The molecule has 3 heterocycles. The van der Waals surface area contributed by atoms with E-state index >= 15 is 0 Å². The average Bonchev–Trinajstić information content (AvgIpc) is 3.17. The Morgan fingerprint density at radius 2 is 1.70 bits per heavy atom. The molecule has 4 heteroatoms.